The van der Waals surface area contributed by atoms with E-state index in [1.165, 1.54) is 12.1 Å². The van der Waals surface area contributed by atoms with Crippen LogP contribution in [-0.2, 0) is 17.8 Å². The SMILES string of the molecule is CCOc1cccc(N(O)C(=O)OC)c1COc1cc(C)c(CC)cc1C(F)F. The molecule has 1 amide bonds. The Morgan fingerprint density at radius 3 is 2.48 bits per heavy atom. The molecule has 0 aliphatic heterocycles. The summed E-state index contributed by atoms with van der Waals surface area (Å²) < 4.78 is 42.9. The van der Waals surface area contributed by atoms with Gasteiger partial charge in [-0.3, -0.25) is 5.21 Å². The van der Waals surface area contributed by atoms with Crippen molar-refractivity contribution in [2.75, 3.05) is 18.8 Å². The number of alkyl halides is 2. The number of carbonyl (C=O) groups excluding carboxylic acids is 1. The average molecular weight is 409 g/mol. The molecule has 0 saturated carbocycles. The molecule has 0 saturated heterocycles. The van der Waals surface area contributed by atoms with Crippen molar-refractivity contribution in [3.05, 3.63) is 52.6 Å². The highest BCUT2D eigenvalue weighted by atomic mass is 19.3. The van der Waals surface area contributed by atoms with E-state index in [1.807, 2.05) is 13.8 Å². The third kappa shape index (κ3) is 5.14. The van der Waals surface area contributed by atoms with Crippen molar-refractivity contribution in [1.29, 1.82) is 0 Å². The van der Waals surface area contributed by atoms with Gasteiger partial charge in [-0.2, -0.15) is 5.06 Å². The molecule has 0 radical (unpaired) electrons. The first-order chi connectivity index (χ1) is 13.8. The molecule has 8 heteroatoms. The Bertz CT molecular complexity index is 857. The Morgan fingerprint density at radius 2 is 1.90 bits per heavy atom. The maximum Gasteiger partial charge on any atom is 0.438 e. The highest BCUT2D eigenvalue weighted by Crippen LogP contribution is 2.35. The summed E-state index contributed by atoms with van der Waals surface area (Å²) in [6.45, 7) is 5.62. The minimum Gasteiger partial charge on any atom is -0.493 e. The molecule has 0 spiro atoms. The number of anilines is 1. The molecule has 29 heavy (non-hydrogen) atoms. The standard InChI is InChI=1S/C21H25F2NO5/c1-5-14-11-15(20(22)23)19(10-13(14)3)29-12-16-17(24(26)21(25)27-4)8-7-9-18(16)28-6-2/h7-11,20,26H,5-6,12H2,1-4H3. The van der Waals surface area contributed by atoms with E-state index in [9.17, 15) is 18.8 Å². The molecule has 0 heterocycles. The fraction of sp³-hybridized carbons (Fsp3) is 0.381. The third-order valence-electron chi connectivity index (χ3n) is 4.44. The Labute approximate surface area is 168 Å². The van der Waals surface area contributed by atoms with Crippen molar-refractivity contribution >= 4 is 11.8 Å². The lowest BCUT2D eigenvalue weighted by Crippen LogP contribution is -2.28. The van der Waals surface area contributed by atoms with E-state index in [2.05, 4.69) is 4.74 Å². The van der Waals surface area contributed by atoms with Crippen molar-refractivity contribution in [3.63, 3.8) is 0 Å². The zero-order chi connectivity index (χ0) is 21.6. The molecule has 2 aromatic carbocycles. The second-order valence-corrected chi connectivity index (χ2v) is 6.23. The van der Waals surface area contributed by atoms with Crippen molar-refractivity contribution in [3.8, 4) is 11.5 Å². The summed E-state index contributed by atoms with van der Waals surface area (Å²) in [5.41, 5.74) is 1.83. The normalized spacial score (nSPS) is 10.8. The number of hydrogen-bond donors (Lipinski definition) is 1. The number of halogens is 2. The number of carbonyl (C=O) groups is 1. The van der Waals surface area contributed by atoms with Gasteiger partial charge in [0.05, 0.1) is 30.5 Å². The number of ether oxygens (including phenoxy) is 3. The highest BCUT2D eigenvalue weighted by Gasteiger charge is 2.22. The number of methoxy groups -OCH3 is 1. The summed E-state index contributed by atoms with van der Waals surface area (Å²) in [5, 5.41) is 10.5. The van der Waals surface area contributed by atoms with Crippen LogP contribution in [0.4, 0.5) is 19.3 Å². The first-order valence-corrected chi connectivity index (χ1v) is 9.19. The molecule has 0 bridgehead atoms. The summed E-state index contributed by atoms with van der Waals surface area (Å²) in [6, 6.07) is 7.70. The number of aryl methyl sites for hydroxylation is 2. The molecule has 0 fully saturated rings. The first kappa shape index (κ1) is 22.4. The molecule has 0 aliphatic rings. The second-order valence-electron chi connectivity index (χ2n) is 6.23. The largest absolute Gasteiger partial charge is 0.493 e. The van der Waals surface area contributed by atoms with E-state index in [-0.39, 0.29) is 23.6 Å². The minimum absolute atomic E-state index is 0.0366. The van der Waals surface area contributed by atoms with Crippen molar-refractivity contribution in [1.82, 2.24) is 0 Å². The zero-order valence-electron chi connectivity index (χ0n) is 16.9. The quantitative estimate of drug-likeness (QED) is 0.465. The fourth-order valence-corrected chi connectivity index (χ4v) is 2.94. The predicted molar refractivity (Wildman–Crippen MR) is 104 cm³/mol. The molecule has 2 rings (SSSR count). The van der Waals surface area contributed by atoms with Crippen LogP contribution < -0.4 is 14.5 Å². The molecule has 0 unspecified atom stereocenters. The molecular weight excluding hydrogens is 384 g/mol. The van der Waals surface area contributed by atoms with E-state index < -0.39 is 12.5 Å². The predicted octanol–water partition coefficient (Wildman–Crippen LogP) is 5.43. The molecule has 2 aromatic rings. The second kappa shape index (κ2) is 10.1. The molecule has 0 aliphatic carbocycles. The van der Waals surface area contributed by atoms with Gasteiger partial charge in [-0.25, -0.2) is 13.6 Å². The van der Waals surface area contributed by atoms with Crippen LogP contribution >= 0.6 is 0 Å². The summed E-state index contributed by atoms with van der Waals surface area (Å²) in [7, 11) is 1.13. The van der Waals surface area contributed by atoms with Gasteiger partial charge in [-0.15, -0.1) is 0 Å². The van der Waals surface area contributed by atoms with E-state index >= 15 is 0 Å². The number of hydrogen-bond acceptors (Lipinski definition) is 5. The Hall–Kier alpha value is -2.87. The van der Waals surface area contributed by atoms with E-state index in [4.69, 9.17) is 9.47 Å². The average Bonchev–Trinajstić information content (AvgIpc) is 2.71. The van der Waals surface area contributed by atoms with Crippen LogP contribution in [0.2, 0.25) is 0 Å². The van der Waals surface area contributed by atoms with Gasteiger partial charge in [-0.05, 0) is 55.7 Å². The van der Waals surface area contributed by atoms with Crippen molar-refractivity contribution in [2.24, 2.45) is 0 Å². The van der Waals surface area contributed by atoms with Crippen LogP contribution in [0.25, 0.3) is 0 Å². The van der Waals surface area contributed by atoms with E-state index in [0.29, 0.717) is 29.4 Å². The maximum atomic E-state index is 13.5. The van der Waals surface area contributed by atoms with Crippen LogP contribution in [0.1, 0.15) is 42.5 Å². The van der Waals surface area contributed by atoms with Crippen LogP contribution in [0.5, 0.6) is 11.5 Å². The first-order valence-electron chi connectivity index (χ1n) is 9.19. The van der Waals surface area contributed by atoms with Gasteiger partial charge in [0, 0.05) is 0 Å². The van der Waals surface area contributed by atoms with Gasteiger partial charge in [-0.1, -0.05) is 13.0 Å². The van der Waals surface area contributed by atoms with Crippen molar-refractivity contribution < 1.29 is 33.0 Å². The lowest BCUT2D eigenvalue weighted by atomic mass is 10.0. The molecule has 158 valence electrons. The summed E-state index contributed by atoms with van der Waals surface area (Å²) in [6.07, 6.45) is -3.08. The number of amides is 1. The Balaban J connectivity index is 2.44. The number of rotatable bonds is 8. The van der Waals surface area contributed by atoms with Crippen LogP contribution in [0.15, 0.2) is 30.3 Å². The summed E-state index contributed by atoms with van der Waals surface area (Å²) in [4.78, 5) is 11.7. The van der Waals surface area contributed by atoms with Crippen LogP contribution in [0.3, 0.4) is 0 Å². The van der Waals surface area contributed by atoms with Gasteiger partial charge in [0.25, 0.3) is 6.43 Å². The monoisotopic (exact) mass is 409 g/mol. The topological polar surface area (TPSA) is 68.2 Å². The van der Waals surface area contributed by atoms with Crippen molar-refractivity contribution in [2.45, 2.75) is 40.2 Å². The van der Waals surface area contributed by atoms with Gasteiger partial charge in [0.1, 0.15) is 18.1 Å². The molecule has 1 N–H and O–H groups in total. The number of nitrogens with zero attached hydrogens (tertiary/aromatic N) is 1. The smallest absolute Gasteiger partial charge is 0.438 e. The van der Waals surface area contributed by atoms with Gasteiger partial charge >= 0.3 is 6.09 Å². The fourth-order valence-electron chi connectivity index (χ4n) is 2.94. The van der Waals surface area contributed by atoms with Gasteiger partial charge in [0.15, 0.2) is 0 Å². The van der Waals surface area contributed by atoms with E-state index in [0.717, 1.165) is 18.2 Å². The van der Waals surface area contributed by atoms with Gasteiger partial charge < -0.3 is 14.2 Å². The Kier molecular flexibility index (Phi) is 7.78. The van der Waals surface area contributed by atoms with Gasteiger partial charge in [0.2, 0.25) is 0 Å². The number of benzene rings is 2. The third-order valence-corrected chi connectivity index (χ3v) is 4.44. The lowest BCUT2D eigenvalue weighted by Gasteiger charge is -2.21. The van der Waals surface area contributed by atoms with Crippen LogP contribution in [-0.4, -0.2) is 25.0 Å². The van der Waals surface area contributed by atoms with Crippen LogP contribution in [0, 0.1) is 6.92 Å². The minimum atomic E-state index is -2.71. The van der Waals surface area contributed by atoms with E-state index in [1.54, 1.807) is 25.1 Å². The lowest BCUT2D eigenvalue weighted by molar-refractivity contribution is 0.139. The Morgan fingerprint density at radius 1 is 1.17 bits per heavy atom. The summed E-state index contributed by atoms with van der Waals surface area (Å²) >= 11 is 0. The molecule has 0 aromatic heterocycles. The molecule has 6 nitrogen and oxygen atoms in total. The molecular formula is C21H25F2NO5. The number of hydroxylamine groups is 1. The molecule has 0 atom stereocenters. The highest BCUT2D eigenvalue weighted by molar-refractivity contribution is 5.86. The summed E-state index contributed by atoms with van der Waals surface area (Å²) in [5.74, 6) is 0.392. The zero-order valence-corrected chi connectivity index (χ0v) is 16.9. The maximum absolute atomic E-state index is 13.5.